The molecule has 0 N–H and O–H groups in total. The van der Waals surface area contributed by atoms with Gasteiger partial charge in [0.25, 0.3) is 0 Å². The molecule has 0 spiro atoms. The van der Waals surface area contributed by atoms with E-state index in [0.717, 1.165) is 12.1 Å². The molecule has 7 heteroatoms. The van der Waals surface area contributed by atoms with Crippen LogP contribution in [0, 0.1) is 23.7 Å². The average molecular weight is 400 g/mol. The third kappa shape index (κ3) is 2.73. The van der Waals surface area contributed by atoms with E-state index < -0.39 is 0 Å². The second-order valence-electron chi connectivity index (χ2n) is 8.11. The van der Waals surface area contributed by atoms with E-state index in [0.29, 0.717) is 31.2 Å². The minimum atomic E-state index is -0.241. The van der Waals surface area contributed by atoms with E-state index in [2.05, 4.69) is 17.1 Å². The van der Waals surface area contributed by atoms with Crippen LogP contribution in [0.5, 0.6) is 0 Å². The third-order valence-corrected chi connectivity index (χ3v) is 6.90. The van der Waals surface area contributed by atoms with Crippen molar-refractivity contribution in [3.05, 3.63) is 41.4 Å². The molecule has 4 aliphatic rings. The zero-order valence-corrected chi connectivity index (χ0v) is 16.2. The predicted octanol–water partition coefficient (Wildman–Crippen LogP) is 1.80. The number of rotatable bonds is 3. The SMILES string of the molecule is O=C(CN1C(=O)[C@@H]2[C@H](C1=O)[C@H]1C=C[C@H]2C1)N1CCN(c2cccc(Cl)c2)CC1. The Bertz CT molecular complexity index is 847. The molecule has 5 rings (SSSR count). The van der Waals surface area contributed by atoms with Crippen molar-refractivity contribution in [2.24, 2.45) is 23.7 Å². The van der Waals surface area contributed by atoms with Crippen molar-refractivity contribution in [2.45, 2.75) is 6.42 Å². The van der Waals surface area contributed by atoms with Gasteiger partial charge in [-0.25, -0.2) is 0 Å². The summed E-state index contributed by atoms with van der Waals surface area (Å²) in [5.74, 6) is -0.589. The number of imide groups is 1. The molecule has 3 amide bonds. The lowest BCUT2D eigenvalue weighted by atomic mass is 9.85. The first-order valence-corrected chi connectivity index (χ1v) is 10.2. The summed E-state index contributed by atoms with van der Waals surface area (Å²) in [6.45, 7) is 2.42. The molecule has 2 bridgehead atoms. The molecule has 0 unspecified atom stereocenters. The molecule has 1 aromatic rings. The highest BCUT2D eigenvalue weighted by atomic mass is 35.5. The zero-order valence-electron chi connectivity index (χ0n) is 15.5. The fraction of sp³-hybridized carbons (Fsp3) is 0.476. The van der Waals surface area contributed by atoms with E-state index in [1.807, 2.05) is 24.3 Å². The van der Waals surface area contributed by atoms with Crippen LogP contribution in [0.25, 0.3) is 0 Å². The van der Waals surface area contributed by atoms with Crippen molar-refractivity contribution in [2.75, 3.05) is 37.6 Å². The molecular weight excluding hydrogens is 378 g/mol. The standard InChI is InChI=1S/C21H22ClN3O3/c22-15-2-1-3-16(11-15)23-6-8-24(9-7-23)17(26)12-25-20(27)18-13-4-5-14(10-13)19(18)21(25)28/h1-5,11,13-14,18-19H,6-10,12H2/t13-,14-,18-,19+/m0/s1. The summed E-state index contributed by atoms with van der Waals surface area (Å²) < 4.78 is 0. The first-order valence-electron chi connectivity index (χ1n) is 9.85. The lowest BCUT2D eigenvalue weighted by molar-refractivity contribution is -0.147. The van der Waals surface area contributed by atoms with Gasteiger partial charge in [0.05, 0.1) is 11.8 Å². The number of carbonyl (C=O) groups excluding carboxylic acids is 3. The van der Waals surface area contributed by atoms with Crippen LogP contribution in [0.4, 0.5) is 5.69 Å². The second kappa shape index (κ2) is 6.62. The average Bonchev–Trinajstić information content (AvgIpc) is 3.38. The van der Waals surface area contributed by atoms with E-state index in [-0.39, 0.29) is 47.9 Å². The number of piperazine rings is 1. The topological polar surface area (TPSA) is 60.9 Å². The Hall–Kier alpha value is -2.34. The van der Waals surface area contributed by atoms with Crippen LogP contribution in [0.1, 0.15) is 6.42 Å². The van der Waals surface area contributed by atoms with Crippen LogP contribution < -0.4 is 4.90 Å². The van der Waals surface area contributed by atoms with Crippen molar-refractivity contribution in [3.63, 3.8) is 0 Å². The molecular formula is C21H22ClN3O3. The highest BCUT2D eigenvalue weighted by Gasteiger charge is 2.59. The molecule has 4 atom stereocenters. The molecule has 2 heterocycles. The molecule has 28 heavy (non-hydrogen) atoms. The molecule has 2 aliphatic carbocycles. The maximum Gasteiger partial charge on any atom is 0.242 e. The van der Waals surface area contributed by atoms with Gasteiger partial charge in [0.15, 0.2) is 0 Å². The summed E-state index contributed by atoms with van der Waals surface area (Å²) in [5, 5.41) is 0.691. The fourth-order valence-electron chi connectivity index (χ4n) is 5.24. The van der Waals surface area contributed by atoms with Crippen LogP contribution in [-0.2, 0) is 14.4 Å². The Morgan fingerprint density at radius 1 is 1.00 bits per heavy atom. The molecule has 2 saturated heterocycles. The minimum Gasteiger partial charge on any atom is -0.368 e. The van der Waals surface area contributed by atoms with Crippen molar-refractivity contribution in [1.82, 2.24) is 9.80 Å². The Morgan fingerprint density at radius 2 is 1.64 bits per heavy atom. The minimum absolute atomic E-state index is 0.124. The van der Waals surface area contributed by atoms with E-state index in [1.165, 1.54) is 4.90 Å². The quantitative estimate of drug-likeness (QED) is 0.574. The lowest BCUT2D eigenvalue weighted by Crippen LogP contribution is -2.52. The molecule has 3 fully saturated rings. The van der Waals surface area contributed by atoms with Gasteiger partial charge in [-0.1, -0.05) is 29.8 Å². The monoisotopic (exact) mass is 399 g/mol. The van der Waals surface area contributed by atoms with Gasteiger partial charge in [0.2, 0.25) is 17.7 Å². The first kappa shape index (κ1) is 17.7. The normalized spacial score (nSPS) is 31.1. The van der Waals surface area contributed by atoms with Gasteiger partial charge in [-0.2, -0.15) is 0 Å². The number of anilines is 1. The number of nitrogens with zero attached hydrogens (tertiary/aromatic N) is 3. The van der Waals surface area contributed by atoms with E-state index >= 15 is 0 Å². The second-order valence-corrected chi connectivity index (χ2v) is 8.55. The van der Waals surface area contributed by atoms with Crippen LogP contribution in [0.3, 0.4) is 0 Å². The first-order chi connectivity index (χ1) is 13.5. The van der Waals surface area contributed by atoms with Gasteiger partial charge < -0.3 is 9.80 Å². The number of carbonyl (C=O) groups is 3. The van der Waals surface area contributed by atoms with Crippen molar-refractivity contribution in [3.8, 4) is 0 Å². The number of hydrogen-bond donors (Lipinski definition) is 0. The zero-order chi connectivity index (χ0) is 19.4. The number of hydrogen-bond acceptors (Lipinski definition) is 4. The maximum absolute atomic E-state index is 12.8. The van der Waals surface area contributed by atoms with Crippen molar-refractivity contribution in [1.29, 1.82) is 0 Å². The summed E-state index contributed by atoms with van der Waals surface area (Å²) in [5.41, 5.74) is 1.04. The van der Waals surface area contributed by atoms with E-state index in [1.54, 1.807) is 4.90 Å². The lowest BCUT2D eigenvalue weighted by Gasteiger charge is -2.36. The van der Waals surface area contributed by atoms with Gasteiger partial charge in [0, 0.05) is 36.9 Å². The number of halogens is 1. The molecule has 1 aromatic carbocycles. The summed E-state index contributed by atoms with van der Waals surface area (Å²) in [6, 6.07) is 7.68. The van der Waals surface area contributed by atoms with Crippen molar-refractivity contribution < 1.29 is 14.4 Å². The van der Waals surface area contributed by atoms with Crippen LogP contribution in [-0.4, -0.2) is 60.2 Å². The Balaban J connectivity index is 1.20. The van der Waals surface area contributed by atoms with Crippen molar-refractivity contribution >= 4 is 35.0 Å². The number of fused-ring (bicyclic) bond motifs is 5. The van der Waals surface area contributed by atoms with Gasteiger partial charge in [-0.15, -0.1) is 0 Å². The van der Waals surface area contributed by atoms with Gasteiger partial charge in [-0.05, 0) is 36.5 Å². The maximum atomic E-state index is 12.8. The molecule has 6 nitrogen and oxygen atoms in total. The molecule has 146 valence electrons. The molecule has 0 aromatic heterocycles. The number of amides is 3. The number of allylic oxidation sites excluding steroid dienone is 2. The highest BCUT2D eigenvalue weighted by molar-refractivity contribution is 6.30. The Kier molecular flexibility index (Phi) is 4.19. The van der Waals surface area contributed by atoms with Crippen LogP contribution >= 0.6 is 11.6 Å². The number of benzene rings is 1. The smallest absolute Gasteiger partial charge is 0.242 e. The van der Waals surface area contributed by atoms with E-state index in [4.69, 9.17) is 11.6 Å². The largest absolute Gasteiger partial charge is 0.368 e. The summed E-state index contributed by atoms with van der Waals surface area (Å²) in [4.78, 5) is 43.4. The Labute approximate surface area is 168 Å². The summed E-state index contributed by atoms with van der Waals surface area (Å²) in [6.07, 6.45) is 5.04. The van der Waals surface area contributed by atoms with Crippen LogP contribution in [0.2, 0.25) is 5.02 Å². The van der Waals surface area contributed by atoms with Gasteiger partial charge in [0.1, 0.15) is 6.54 Å². The third-order valence-electron chi connectivity index (χ3n) is 6.66. The van der Waals surface area contributed by atoms with E-state index in [9.17, 15) is 14.4 Å². The summed E-state index contributed by atoms with van der Waals surface area (Å²) >= 11 is 6.07. The highest BCUT2D eigenvalue weighted by Crippen LogP contribution is 2.52. The molecule has 0 radical (unpaired) electrons. The van der Waals surface area contributed by atoms with Crippen LogP contribution in [0.15, 0.2) is 36.4 Å². The summed E-state index contributed by atoms with van der Waals surface area (Å²) in [7, 11) is 0. The Morgan fingerprint density at radius 3 is 2.25 bits per heavy atom. The van der Waals surface area contributed by atoms with Gasteiger partial charge >= 0.3 is 0 Å². The molecule has 2 aliphatic heterocycles. The number of likely N-dealkylation sites (tertiary alicyclic amines) is 1. The fourth-order valence-corrected chi connectivity index (χ4v) is 5.43. The molecule has 1 saturated carbocycles. The van der Waals surface area contributed by atoms with Gasteiger partial charge in [-0.3, -0.25) is 19.3 Å². The predicted molar refractivity (Wildman–Crippen MR) is 105 cm³/mol.